The molecule has 0 aliphatic heterocycles. The average molecular weight is 484 g/mol. The van der Waals surface area contributed by atoms with Crippen LogP contribution in [0.4, 0.5) is 13.2 Å². The van der Waals surface area contributed by atoms with Crippen LogP contribution in [0.15, 0.2) is 35.2 Å². The molecule has 3 rings (SSSR count). The van der Waals surface area contributed by atoms with E-state index >= 15 is 0 Å². The maximum Gasteiger partial charge on any atom is 0.470 e. The summed E-state index contributed by atoms with van der Waals surface area (Å²) in [4.78, 5) is 9.82. The second-order valence-corrected chi connectivity index (χ2v) is 8.08. The Morgan fingerprint density at radius 1 is 1.07 bits per heavy atom. The zero-order valence-electron chi connectivity index (χ0n) is 15.7. The van der Waals surface area contributed by atoms with Gasteiger partial charge in [-0.2, -0.15) is 13.2 Å². The molecule has 0 saturated carbocycles. The van der Waals surface area contributed by atoms with Crippen molar-refractivity contribution in [2.45, 2.75) is 36.8 Å². The molecule has 0 bridgehead atoms. The van der Waals surface area contributed by atoms with Crippen LogP contribution in [0.1, 0.15) is 24.0 Å². The molecule has 164 valence electrons. The lowest BCUT2D eigenvalue weighted by Crippen LogP contribution is -2.30. The number of hydrogen-bond acceptors (Lipinski definition) is 4. The maximum atomic E-state index is 12.7. The van der Waals surface area contributed by atoms with Crippen LogP contribution in [-0.4, -0.2) is 23.4 Å². The van der Waals surface area contributed by atoms with E-state index in [1.54, 1.807) is 25.3 Å². The van der Waals surface area contributed by atoms with Gasteiger partial charge in [0.1, 0.15) is 11.5 Å². The average Bonchev–Trinajstić information content (AvgIpc) is 2.69. The molecule has 30 heavy (non-hydrogen) atoms. The number of nitrogens with two attached hydrogens (primary N) is 1. The standard InChI is InChI=1S/C17H16Cl2O3S.C2H2F3NO/c1-21-16-8-9-17(13-5-3-2-4-12(13)16)23(20)22-11-6-7-14(18)15(19)10-11;3-2(4,5)1(6)7/h6-10H,2-5H2,1H3;(H2,6,7). The van der Waals surface area contributed by atoms with Gasteiger partial charge in [-0.15, -0.1) is 0 Å². The highest BCUT2D eigenvalue weighted by atomic mass is 35.5. The van der Waals surface area contributed by atoms with Crippen molar-refractivity contribution in [3.8, 4) is 11.5 Å². The molecule has 0 aromatic heterocycles. The van der Waals surface area contributed by atoms with Gasteiger partial charge in [-0.05, 0) is 61.1 Å². The molecule has 0 fully saturated rings. The fourth-order valence-electron chi connectivity index (χ4n) is 2.81. The van der Waals surface area contributed by atoms with Gasteiger partial charge >= 0.3 is 12.1 Å². The van der Waals surface area contributed by atoms with E-state index in [2.05, 4.69) is 5.73 Å². The molecule has 1 atom stereocenters. The first-order valence-corrected chi connectivity index (χ1v) is 10.5. The van der Waals surface area contributed by atoms with Crippen LogP contribution in [0.2, 0.25) is 10.0 Å². The molecule has 0 spiro atoms. The minimum atomic E-state index is -4.86. The monoisotopic (exact) mass is 483 g/mol. The molecule has 1 aliphatic carbocycles. The summed E-state index contributed by atoms with van der Waals surface area (Å²) < 4.78 is 55.8. The summed E-state index contributed by atoms with van der Waals surface area (Å²) in [5.41, 5.74) is 6.02. The summed E-state index contributed by atoms with van der Waals surface area (Å²) in [7, 11) is 1.66. The molecule has 1 unspecified atom stereocenters. The number of methoxy groups -OCH3 is 1. The van der Waals surface area contributed by atoms with Crippen LogP contribution in [0.25, 0.3) is 0 Å². The van der Waals surface area contributed by atoms with Crippen LogP contribution < -0.4 is 14.7 Å². The quantitative estimate of drug-likeness (QED) is 0.662. The van der Waals surface area contributed by atoms with E-state index < -0.39 is 23.2 Å². The number of hydrogen-bond donors (Lipinski definition) is 1. The highest BCUT2D eigenvalue weighted by Crippen LogP contribution is 2.34. The van der Waals surface area contributed by atoms with Crippen molar-refractivity contribution in [1.29, 1.82) is 0 Å². The van der Waals surface area contributed by atoms with Crippen LogP contribution >= 0.6 is 23.2 Å². The number of primary amides is 1. The number of carbonyl (C=O) groups excluding carboxylic acids is 1. The third kappa shape index (κ3) is 6.26. The largest absolute Gasteiger partial charge is 0.496 e. The van der Waals surface area contributed by atoms with E-state index in [4.69, 9.17) is 36.9 Å². The predicted octanol–water partition coefficient (Wildman–Crippen LogP) is 5.02. The molecule has 0 saturated heterocycles. The zero-order chi connectivity index (χ0) is 22.5. The highest BCUT2D eigenvalue weighted by Gasteiger charge is 2.35. The lowest BCUT2D eigenvalue weighted by molar-refractivity contribution is -0.169. The highest BCUT2D eigenvalue weighted by molar-refractivity contribution is 7.80. The van der Waals surface area contributed by atoms with E-state index in [0.717, 1.165) is 42.6 Å². The SMILES string of the molecule is COc1ccc(S(=O)Oc2ccc(Cl)c(Cl)c2)c2c1CCCC2.NC(=O)C(F)(F)F. The first-order chi connectivity index (χ1) is 14.0. The number of rotatable bonds is 4. The van der Waals surface area contributed by atoms with Crippen molar-refractivity contribution in [2.75, 3.05) is 7.11 Å². The lowest BCUT2D eigenvalue weighted by atomic mass is 9.91. The first kappa shape index (κ1) is 24.3. The molecule has 0 radical (unpaired) electrons. The smallest absolute Gasteiger partial charge is 0.470 e. The van der Waals surface area contributed by atoms with E-state index in [-0.39, 0.29) is 0 Å². The fraction of sp³-hybridized carbons (Fsp3) is 0.316. The fourth-order valence-corrected chi connectivity index (χ4v) is 4.07. The van der Waals surface area contributed by atoms with E-state index in [9.17, 15) is 17.4 Å². The van der Waals surface area contributed by atoms with Crippen molar-refractivity contribution in [2.24, 2.45) is 5.73 Å². The number of carbonyl (C=O) groups is 1. The van der Waals surface area contributed by atoms with Gasteiger partial charge in [-0.25, -0.2) is 4.21 Å². The normalized spacial score (nSPS) is 14.1. The third-order valence-electron chi connectivity index (χ3n) is 4.19. The number of alkyl halides is 3. The van der Waals surface area contributed by atoms with Gasteiger partial charge in [0, 0.05) is 6.07 Å². The number of benzene rings is 2. The summed E-state index contributed by atoms with van der Waals surface area (Å²) in [6.45, 7) is 0. The van der Waals surface area contributed by atoms with Gasteiger partial charge in [-0.3, -0.25) is 4.79 Å². The van der Waals surface area contributed by atoms with Crippen molar-refractivity contribution < 1.29 is 31.1 Å². The summed E-state index contributed by atoms with van der Waals surface area (Å²) in [6.07, 6.45) is -0.834. The molecule has 11 heteroatoms. The Bertz CT molecular complexity index is 954. The molecule has 2 aromatic carbocycles. The predicted molar refractivity (Wildman–Crippen MR) is 108 cm³/mol. The Morgan fingerprint density at radius 2 is 1.67 bits per heavy atom. The molecule has 5 nitrogen and oxygen atoms in total. The van der Waals surface area contributed by atoms with Gasteiger partial charge in [-0.1, -0.05) is 23.2 Å². The second kappa shape index (κ2) is 10.4. The Morgan fingerprint density at radius 3 is 2.20 bits per heavy atom. The van der Waals surface area contributed by atoms with Gasteiger partial charge in [0.2, 0.25) is 11.1 Å². The molecule has 2 aromatic rings. The molecule has 1 amide bonds. The van der Waals surface area contributed by atoms with Crippen molar-refractivity contribution in [3.05, 3.63) is 51.5 Å². The van der Waals surface area contributed by atoms with Crippen LogP contribution in [0, 0.1) is 0 Å². The Kier molecular flexibility index (Phi) is 8.40. The summed E-state index contributed by atoms with van der Waals surface area (Å²) in [6, 6.07) is 8.52. The summed E-state index contributed by atoms with van der Waals surface area (Å²) in [5.74, 6) is -0.972. The van der Waals surface area contributed by atoms with Crippen molar-refractivity contribution >= 4 is 40.2 Å². The molecule has 0 heterocycles. The number of ether oxygens (including phenoxy) is 1. The molecular weight excluding hydrogens is 466 g/mol. The van der Waals surface area contributed by atoms with Crippen LogP contribution in [0.5, 0.6) is 11.5 Å². The van der Waals surface area contributed by atoms with Crippen LogP contribution in [-0.2, 0) is 28.7 Å². The summed E-state index contributed by atoms with van der Waals surface area (Å²) in [5, 5.41) is 0.810. The molecule has 2 N–H and O–H groups in total. The van der Waals surface area contributed by atoms with Gasteiger partial charge in [0.25, 0.3) is 0 Å². The minimum absolute atomic E-state index is 0.373. The Labute approximate surface area is 183 Å². The molecule has 1 aliphatic rings. The van der Waals surface area contributed by atoms with Gasteiger partial charge in [0.15, 0.2) is 0 Å². The van der Waals surface area contributed by atoms with Gasteiger partial charge < -0.3 is 14.7 Å². The van der Waals surface area contributed by atoms with Gasteiger partial charge in [0.05, 0.1) is 22.1 Å². The first-order valence-electron chi connectivity index (χ1n) is 8.65. The molecular formula is C19H18Cl2F3NO4S. The second-order valence-electron chi connectivity index (χ2n) is 6.19. The third-order valence-corrected chi connectivity index (χ3v) is 6.02. The Balaban J connectivity index is 0.000000396. The lowest BCUT2D eigenvalue weighted by Gasteiger charge is -2.21. The van der Waals surface area contributed by atoms with Crippen molar-refractivity contribution in [1.82, 2.24) is 0 Å². The minimum Gasteiger partial charge on any atom is -0.496 e. The maximum absolute atomic E-state index is 12.7. The van der Waals surface area contributed by atoms with E-state index in [1.165, 1.54) is 0 Å². The van der Waals surface area contributed by atoms with E-state index in [1.807, 2.05) is 12.1 Å². The topological polar surface area (TPSA) is 78.6 Å². The number of amides is 1. The number of halogens is 5. The zero-order valence-corrected chi connectivity index (χ0v) is 18.1. The Hall–Kier alpha value is -1.97. The van der Waals surface area contributed by atoms with E-state index in [0.29, 0.717) is 20.7 Å². The summed E-state index contributed by atoms with van der Waals surface area (Å²) >= 11 is 10.2. The van der Waals surface area contributed by atoms with Crippen LogP contribution in [0.3, 0.4) is 0 Å². The van der Waals surface area contributed by atoms with Crippen molar-refractivity contribution in [3.63, 3.8) is 0 Å². The number of fused-ring (bicyclic) bond motifs is 1.